The average molecular weight is 281 g/mol. The number of hydrogen-bond acceptors (Lipinski definition) is 2. The molecule has 108 valence electrons. The molecule has 0 aliphatic carbocycles. The van der Waals surface area contributed by atoms with Crippen LogP contribution in [0.1, 0.15) is 28.9 Å². The van der Waals surface area contributed by atoms with Gasteiger partial charge in [0.05, 0.1) is 11.6 Å². The Kier molecular flexibility index (Phi) is 5.16. The molecule has 3 heteroatoms. The van der Waals surface area contributed by atoms with Crippen molar-refractivity contribution in [3.05, 3.63) is 78.4 Å². The first-order chi connectivity index (χ1) is 10.2. The Morgan fingerprint density at radius 1 is 1.19 bits per heavy atom. The molecule has 0 aromatic heterocycles. The summed E-state index contributed by atoms with van der Waals surface area (Å²) in [5, 5.41) is 2.98. The van der Waals surface area contributed by atoms with E-state index in [9.17, 15) is 4.79 Å². The molecule has 1 unspecified atom stereocenters. The van der Waals surface area contributed by atoms with Crippen LogP contribution in [0.25, 0.3) is 0 Å². The largest absolute Gasteiger partial charge is 0.489 e. The fourth-order valence-electron chi connectivity index (χ4n) is 2.03. The summed E-state index contributed by atoms with van der Waals surface area (Å²) in [4.78, 5) is 12.4. The molecular weight excluding hydrogens is 262 g/mol. The minimum Gasteiger partial charge on any atom is -0.489 e. The van der Waals surface area contributed by atoms with Gasteiger partial charge in [-0.15, -0.1) is 0 Å². The number of hydrogen-bond donors (Lipinski definition) is 1. The van der Waals surface area contributed by atoms with Gasteiger partial charge in [0.15, 0.2) is 0 Å². The van der Waals surface area contributed by atoms with Crippen molar-refractivity contribution in [1.82, 2.24) is 5.32 Å². The predicted molar refractivity (Wildman–Crippen MR) is 84.5 cm³/mol. The third kappa shape index (κ3) is 3.96. The van der Waals surface area contributed by atoms with Gasteiger partial charge in [-0.1, -0.05) is 55.1 Å². The molecule has 0 aliphatic rings. The maximum atomic E-state index is 12.4. The Hall–Kier alpha value is -2.55. The molecule has 3 nitrogen and oxygen atoms in total. The van der Waals surface area contributed by atoms with Gasteiger partial charge in [0.25, 0.3) is 5.91 Å². The highest BCUT2D eigenvalue weighted by Gasteiger charge is 2.15. The second kappa shape index (κ2) is 7.29. The van der Waals surface area contributed by atoms with Crippen molar-refractivity contribution in [2.45, 2.75) is 13.0 Å². The third-order valence-corrected chi connectivity index (χ3v) is 3.14. The van der Waals surface area contributed by atoms with Crippen LogP contribution in [-0.2, 0) is 0 Å². The smallest absolute Gasteiger partial charge is 0.255 e. The molecule has 2 aromatic rings. The lowest BCUT2D eigenvalue weighted by Gasteiger charge is -2.16. The molecule has 0 spiro atoms. The lowest BCUT2D eigenvalue weighted by atomic mass is 10.1. The van der Waals surface area contributed by atoms with Crippen LogP contribution in [0.2, 0.25) is 0 Å². The number of carbonyl (C=O) groups excluding carboxylic acids is 1. The molecule has 0 heterocycles. The second-order valence-corrected chi connectivity index (χ2v) is 4.70. The second-order valence-electron chi connectivity index (χ2n) is 4.70. The van der Waals surface area contributed by atoms with Crippen molar-refractivity contribution in [1.29, 1.82) is 0 Å². The van der Waals surface area contributed by atoms with Crippen molar-refractivity contribution in [2.24, 2.45) is 0 Å². The van der Waals surface area contributed by atoms with E-state index < -0.39 is 0 Å². The zero-order valence-electron chi connectivity index (χ0n) is 12.1. The standard InChI is InChI=1S/C18H19NO2/c1-3-13-21-17-12-8-7-11-16(17)18(20)19-14(2)15-9-5-4-6-10-15/h3-12,14H,1,13H2,2H3,(H,19,20). The first kappa shape index (κ1) is 14.9. The van der Waals surface area contributed by atoms with Gasteiger partial charge in [-0.3, -0.25) is 4.79 Å². The zero-order valence-corrected chi connectivity index (χ0v) is 12.1. The summed E-state index contributed by atoms with van der Waals surface area (Å²) in [6, 6.07) is 17.0. The number of ether oxygens (including phenoxy) is 1. The van der Waals surface area contributed by atoms with Crippen molar-refractivity contribution in [3.8, 4) is 5.75 Å². The average Bonchev–Trinajstić information content (AvgIpc) is 2.54. The van der Waals surface area contributed by atoms with Crippen LogP contribution in [0.5, 0.6) is 5.75 Å². The number of rotatable bonds is 6. The molecule has 21 heavy (non-hydrogen) atoms. The molecule has 1 N–H and O–H groups in total. The van der Waals surface area contributed by atoms with Crippen LogP contribution in [-0.4, -0.2) is 12.5 Å². The van der Waals surface area contributed by atoms with Crippen molar-refractivity contribution >= 4 is 5.91 Å². The van der Waals surface area contributed by atoms with Crippen LogP contribution < -0.4 is 10.1 Å². The van der Waals surface area contributed by atoms with Gasteiger partial charge >= 0.3 is 0 Å². The fraction of sp³-hybridized carbons (Fsp3) is 0.167. The Morgan fingerprint density at radius 3 is 2.57 bits per heavy atom. The fourth-order valence-corrected chi connectivity index (χ4v) is 2.03. The van der Waals surface area contributed by atoms with Crippen LogP contribution in [0.3, 0.4) is 0 Å². The van der Waals surface area contributed by atoms with E-state index in [1.165, 1.54) is 0 Å². The lowest BCUT2D eigenvalue weighted by molar-refractivity contribution is 0.0936. The van der Waals surface area contributed by atoms with E-state index in [0.717, 1.165) is 5.56 Å². The van der Waals surface area contributed by atoms with Crippen LogP contribution in [0.4, 0.5) is 0 Å². The van der Waals surface area contributed by atoms with Gasteiger partial charge in [-0.05, 0) is 24.6 Å². The van der Waals surface area contributed by atoms with Gasteiger partial charge in [0.2, 0.25) is 0 Å². The molecule has 2 aromatic carbocycles. The highest BCUT2D eigenvalue weighted by atomic mass is 16.5. The topological polar surface area (TPSA) is 38.3 Å². The molecule has 0 saturated carbocycles. The maximum Gasteiger partial charge on any atom is 0.255 e. The normalized spacial score (nSPS) is 11.5. The summed E-state index contributed by atoms with van der Waals surface area (Å²) < 4.78 is 5.52. The molecule has 1 atom stereocenters. The summed E-state index contributed by atoms with van der Waals surface area (Å²) in [7, 11) is 0. The Labute approximate surface area is 125 Å². The molecule has 0 fully saturated rings. The van der Waals surface area contributed by atoms with Gasteiger partial charge in [0, 0.05) is 0 Å². The number of benzene rings is 2. The molecule has 1 amide bonds. The Balaban J connectivity index is 2.11. The Morgan fingerprint density at radius 2 is 1.86 bits per heavy atom. The predicted octanol–water partition coefficient (Wildman–Crippen LogP) is 3.74. The summed E-state index contributed by atoms with van der Waals surface area (Å²) in [5.41, 5.74) is 1.59. The highest BCUT2D eigenvalue weighted by molar-refractivity contribution is 5.97. The van der Waals surface area contributed by atoms with Gasteiger partial charge in [-0.25, -0.2) is 0 Å². The van der Waals surface area contributed by atoms with Gasteiger partial charge in [-0.2, -0.15) is 0 Å². The van der Waals surface area contributed by atoms with E-state index in [0.29, 0.717) is 17.9 Å². The first-order valence-corrected chi connectivity index (χ1v) is 6.91. The van der Waals surface area contributed by atoms with E-state index in [1.54, 1.807) is 18.2 Å². The van der Waals surface area contributed by atoms with E-state index in [4.69, 9.17) is 4.74 Å². The van der Waals surface area contributed by atoms with Crippen LogP contribution in [0.15, 0.2) is 67.3 Å². The van der Waals surface area contributed by atoms with E-state index in [2.05, 4.69) is 11.9 Å². The molecule has 0 aliphatic heterocycles. The van der Waals surface area contributed by atoms with Gasteiger partial charge in [0.1, 0.15) is 12.4 Å². The quantitative estimate of drug-likeness (QED) is 0.819. The summed E-state index contributed by atoms with van der Waals surface area (Å²) in [6.07, 6.45) is 1.65. The molecule has 2 rings (SSSR count). The molecule has 0 radical (unpaired) electrons. The van der Waals surface area contributed by atoms with E-state index in [-0.39, 0.29) is 11.9 Å². The summed E-state index contributed by atoms with van der Waals surface area (Å²) >= 11 is 0. The third-order valence-electron chi connectivity index (χ3n) is 3.14. The first-order valence-electron chi connectivity index (χ1n) is 6.91. The van der Waals surface area contributed by atoms with E-state index >= 15 is 0 Å². The van der Waals surface area contributed by atoms with Gasteiger partial charge < -0.3 is 10.1 Å². The summed E-state index contributed by atoms with van der Waals surface area (Å²) in [6.45, 7) is 5.95. The number of amides is 1. The summed E-state index contributed by atoms with van der Waals surface area (Å²) in [5.74, 6) is 0.418. The van der Waals surface area contributed by atoms with E-state index in [1.807, 2.05) is 49.4 Å². The van der Waals surface area contributed by atoms with Crippen molar-refractivity contribution < 1.29 is 9.53 Å². The SMILES string of the molecule is C=CCOc1ccccc1C(=O)NC(C)c1ccccc1. The minimum atomic E-state index is -0.147. The molecule has 0 saturated heterocycles. The van der Waals surface area contributed by atoms with Crippen LogP contribution in [0, 0.1) is 0 Å². The molecular formula is C18H19NO2. The maximum absolute atomic E-state index is 12.4. The highest BCUT2D eigenvalue weighted by Crippen LogP contribution is 2.19. The Bertz CT molecular complexity index is 608. The minimum absolute atomic E-state index is 0.0637. The zero-order chi connectivity index (χ0) is 15.1. The number of carbonyl (C=O) groups is 1. The lowest BCUT2D eigenvalue weighted by Crippen LogP contribution is -2.27. The number of para-hydroxylation sites is 1. The molecule has 0 bridgehead atoms. The van der Waals surface area contributed by atoms with Crippen molar-refractivity contribution in [2.75, 3.05) is 6.61 Å². The number of nitrogens with one attached hydrogen (secondary N) is 1. The monoisotopic (exact) mass is 281 g/mol. The van der Waals surface area contributed by atoms with Crippen LogP contribution >= 0.6 is 0 Å². The van der Waals surface area contributed by atoms with Crippen molar-refractivity contribution in [3.63, 3.8) is 0 Å².